The monoisotopic (exact) mass is 678 g/mol. The molecule has 4 atom stereocenters. The second kappa shape index (κ2) is 18.7. The van der Waals surface area contributed by atoms with E-state index in [4.69, 9.17) is 23.7 Å². The topological polar surface area (TPSA) is 173 Å². The number of piperidine rings is 1. The Morgan fingerprint density at radius 3 is 2.55 bits per heavy atom. The van der Waals surface area contributed by atoms with Gasteiger partial charge < -0.3 is 44.1 Å². The molecule has 3 heterocycles. The van der Waals surface area contributed by atoms with Gasteiger partial charge in [0.25, 0.3) is 5.91 Å². The highest BCUT2D eigenvalue weighted by Crippen LogP contribution is 2.26. The SMILES string of the molecule is CO[C@@H]1C[C@@H](O)[C@H](O)[C@@H](Cn2cc(COCCOCCOCCNC(=O)/C(C#N)=C/c3ccc4cc(N5CCCCC5)ccc4c3)nn2)O1. The predicted octanol–water partition coefficient (Wildman–Crippen LogP) is 2.18. The average molecular weight is 679 g/mol. The van der Waals surface area contributed by atoms with E-state index in [1.165, 1.54) is 36.7 Å². The Hall–Kier alpha value is -3.94. The zero-order valence-electron chi connectivity index (χ0n) is 27.9. The Morgan fingerprint density at radius 2 is 1.78 bits per heavy atom. The first-order valence-corrected chi connectivity index (χ1v) is 16.8. The van der Waals surface area contributed by atoms with Gasteiger partial charge >= 0.3 is 0 Å². The van der Waals surface area contributed by atoms with Crippen molar-refractivity contribution in [2.45, 2.75) is 63.4 Å². The Labute approximate surface area is 286 Å². The fourth-order valence-corrected chi connectivity index (χ4v) is 5.85. The number of fused-ring (bicyclic) bond motifs is 1. The van der Waals surface area contributed by atoms with Crippen LogP contribution in [0.25, 0.3) is 16.8 Å². The first kappa shape index (κ1) is 36.3. The number of aliphatic hydroxyl groups excluding tert-OH is 2. The number of aliphatic hydroxyl groups is 2. The summed E-state index contributed by atoms with van der Waals surface area (Å²) in [6.45, 7) is 4.57. The number of benzene rings is 2. The molecule has 14 nitrogen and oxygen atoms in total. The molecule has 0 unspecified atom stereocenters. The third-order valence-electron chi connectivity index (χ3n) is 8.52. The molecule has 3 N–H and O–H groups in total. The lowest BCUT2D eigenvalue weighted by molar-refractivity contribution is -0.245. The van der Waals surface area contributed by atoms with E-state index in [-0.39, 0.29) is 38.3 Å². The van der Waals surface area contributed by atoms with Gasteiger partial charge in [-0.3, -0.25) is 4.79 Å². The van der Waals surface area contributed by atoms with Crippen LogP contribution in [-0.2, 0) is 41.6 Å². The third kappa shape index (κ3) is 10.8. The number of nitrogens with zero attached hydrogens (tertiary/aromatic N) is 5. The van der Waals surface area contributed by atoms with E-state index in [9.17, 15) is 20.3 Å². The minimum absolute atomic E-state index is 0.0345. The number of hydrogen-bond donors (Lipinski definition) is 3. The zero-order chi connectivity index (χ0) is 34.4. The Kier molecular flexibility index (Phi) is 13.9. The summed E-state index contributed by atoms with van der Waals surface area (Å²) in [5, 5.41) is 42.8. The number of methoxy groups -OCH3 is 1. The van der Waals surface area contributed by atoms with E-state index >= 15 is 0 Å². The van der Waals surface area contributed by atoms with Gasteiger partial charge in [-0.2, -0.15) is 5.26 Å². The highest BCUT2D eigenvalue weighted by Gasteiger charge is 2.37. The normalized spacial score (nSPS) is 21.5. The Morgan fingerprint density at radius 1 is 1.04 bits per heavy atom. The fraction of sp³-hybridized carbons (Fsp3) is 0.543. The summed E-state index contributed by atoms with van der Waals surface area (Å²) in [6.07, 6.45) is 3.99. The molecule has 0 spiro atoms. The molecule has 0 aliphatic carbocycles. The molecular weight excluding hydrogens is 632 g/mol. The molecular formula is C35H46N6O8. The van der Waals surface area contributed by atoms with Gasteiger partial charge in [-0.1, -0.05) is 23.4 Å². The van der Waals surface area contributed by atoms with Crippen LogP contribution < -0.4 is 10.2 Å². The molecule has 1 amide bonds. The molecule has 0 saturated carbocycles. The molecule has 1 aromatic heterocycles. The minimum atomic E-state index is -1.05. The number of ether oxygens (including phenoxy) is 5. The van der Waals surface area contributed by atoms with Crippen LogP contribution in [0.2, 0.25) is 0 Å². The molecule has 14 heteroatoms. The molecule has 3 aromatic rings. The van der Waals surface area contributed by atoms with E-state index in [0.717, 1.165) is 29.4 Å². The summed E-state index contributed by atoms with van der Waals surface area (Å²) in [5.41, 5.74) is 2.67. The molecule has 5 rings (SSSR count). The van der Waals surface area contributed by atoms with Crippen LogP contribution in [0.4, 0.5) is 5.69 Å². The highest BCUT2D eigenvalue weighted by atomic mass is 16.7. The minimum Gasteiger partial charge on any atom is -0.390 e. The standard InChI is InChI=1S/C35H46N6O8/c1-45-33-20-31(42)34(43)32(49-33)23-41-22-29(38-39-41)24-48-16-15-47-14-13-46-12-9-37-35(44)28(21-36)18-25-5-6-27-19-30(8-7-26(27)17-25)40-10-3-2-4-11-40/h5-8,17-19,22,31-34,42-43H,2-4,9-16,20,23-24H2,1H3,(H,37,44)/b28-18+/t31-,32-,33+,34+/m1/s1. The smallest absolute Gasteiger partial charge is 0.262 e. The first-order valence-electron chi connectivity index (χ1n) is 16.8. The van der Waals surface area contributed by atoms with Crippen molar-refractivity contribution in [3.63, 3.8) is 0 Å². The number of anilines is 1. The molecule has 0 bridgehead atoms. The summed E-state index contributed by atoms with van der Waals surface area (Å²) in [5.74, 6) is -0.446. The first-order chi connectivity index (χ1) is 23.9. The highest BCUT2D eigenvalue weighted by molar-refractivity contribution is 6.02. The summed E-state index contributed by atoms with van der Waals surface area (Å²) < 4.78 is 29.0. The van der Waals surface area contributed by atoms with E-state index in [1.54, 1.807) is 12.3 Å². The summed E-state index contributed by atoms with van der Waals surface area (Å²) in [6, 6.07) is 14.4. The molecule has 2 aromatic carbocycles. The van der Waals surface area contributed by atoms with Crippen molar-refractivity contribution < 1.29 is 38.7 Å². The van der Waals surface area contributed by atoms with Crippen molar-refractivity contribution in [2.75, 3.05) is 64.7 Å². The van der Waals surface area contributed by atoms with Crippen LogP contribution in [0, 0.1) is 11.3 Å². The number of aromatic nitrogens is 3. The summed E-state index contributed by atoms with van der Waals surface area (Å²) >= 11 is 0. The molecule has 2 aliphatic rings. The lowest BCUT2D eigenvalue weighted by Gasteiger charge is -2.36. The van der Waals surface area contributed by atoms with Crippen molar-refractivity contribution in [2.24, 2.45) is 0 Å². The lowest BCUT2D eigenvalue weighted by atomic mass is 10.0. The number of nitrogens with one attached hydrogen (secondary N) is 1. The second-order valence-electron chi connectivity index (χ2n) is 12.1. The molecule has 2 fully saturated rings. The van der Waals surface area contributed by atoms with Gasteiger partial charge in [0.1, 0.15) is 29.5 Å². The number of hydrogen-bond acceptors (Lipinski definition) is 12. The molecule has 2 aliphatic heterocycles. The zero-order valence-corrected chi connectivity index (χ0v) is 27.9. The van der Waals surface area contributed by atoms with Crippen molar-refractivity contribution in [3.8, 4) is 6.07 Å². The van der Waals surface area contributed by atoms with E-state index in [1.807, 2.05) is 24.3 Å². The van der Waals surface area contributed by atoms with Crippen LogP contribution in [0.15, 0.2) is 48.2 Å². The van der Waals surface area contributed by atoms with Crippen LogP contribution in [-0.4, -0.2) is 115 Å². The maximum atomic E-state index is 12.6. The Balaban J connectivity index is 0.919. The number of amides is 1. The number of carbonyl (C=O) groups is 1. The van der Waals surface area contributed by atoms with Crippen molar-refractivity contribution in [1.29, 1.82) is 5.26 Å². The van der Waals surface area contributed by atoms with Gasteiger partial charge in [0.15, 0.2) is 6.29 Å². The number of rotatable bonds is 17. The van der Waals surface area contributed by atoms with Gasteiger partial charge in [-0.25, -0.2) is 4.68 Å². The molecule has 49 heavy (non-hydrogen) atoms. The van der Waals surface area contributed by atoms with Crippen LogP contribution >= 0.6 is 0 Å². The molecule has 264 valence electrons. The fourth-order valence-electron chi connectivity index (χ4n) is 5.85. The van der Waals surface area contributed by atoms with Gasteiger partial charge in [-0.15, -0.1) is 5.10 Å². The van der Waals surface area contributed by atoms with Crippen LogP contribution in [0.3, 0.4) is 0 Å². The van der Waals surface area contributed by atoms with Gasteiger partial charge in [0.05, 0.1) is 58.5 Å². The predicted molar refractivity (Wildman–Crippen MR) is 180 cm³/mol. The quantitative estimate of drug-likeness (QED) is 0.108. The van der Waals surface area contributed by atoms with E-state index in [0.29, 0.717) is 32.1 Å². The van der Waals surface area contributed by atoms with Crippen LogP contribution in [0.5, 0.6) is 0 Å². The van der Waals surface area contributed by atoms with Gasteiger partial charge in [0.2, 0.25) is 0 Å². The maximum Gasteiger partial charge on any atom is 0.262 e. The maximum absolute atomic E-state index is 12.6. The van der Waals surface area contributed by atoms with Crippen molar-refractivity contribution >= 4 is 28.4 Å². The number of carbonyl (C=O) groups excluding carboxylic acids is 1. The number of nitriles is 1. The Bertz CT molecular complexity index is 1570. The summed E-state index contributed by atoms with van der Waals surface area (Å²) in [4.78, 5) is 15.0. The molecule has 2 saturated heterocycles. The largest absolute Gasteiger partial charge is 0.390 e. The molecule has 0 radical (unpaired) electrons. The average Bonchev–Trinajstić information content (AvgIpc) is 3.58. The van der Waals surface area contributed by atoms with E-state index in [2.05, 4.69) is 38.7 Å². The third-order valence-corrected chi connectivity index (χ3v) is 8.52. The van der Waals surface area contributed by atoms with Crippen LogP contribution in [0.1, 0.15) is 36.9 Å². The lowest BCUT2D eigenvalue weighted by Crippen LogP contribution is -2.50. The van der Waals surface area contributed by atoms with E-state index < -0.39 is 30.5 Å². The van der Waals surface area contributed by atoms with Gasteiger partial charge in [0, 0.05) is 38.9 Å². The summed E-state index contributed by atoms with van der Waals surface area (Å²) in [7, 11) is 1.49. The van der Waals surface area contributed by atoms with Crippen molar-refractivity contribution in [1.82, 2.24) is 20.3 Å². The van der Waals surface area contributed by atoms with Crippen molar-refractivity contribution in [3.05, 3.63) is 59.4 Å². The van der Waals surface area contributed by atoms with Gasteiger partial charge in [-0.05, 0) is 59.9 Å². The second-order valence-corrected chi connectivity index (χ2v) is 12.1.